The number of sulfonamides is 1. The van der Waals surface area contributed by atoms with E-state index in [4.69, 9.17) is 4.74 Å². The van der Waals surface area contributed by atoms with Gasteiger partial charge in [-0.1, -0.05) is 0 Å². The van der Waals surface area contributed by atoms with Crippen LogP contribution >= 0.6 is 0 Å². The number of benzene rings is 2. The lowest BCUT2D eigenvalue weighted by Crippen LogP contribution is -2.23. The van der Waals surface area contributed by atoms with Crippen molar-refractivity contribution in [1.82, 2.24) is 14.9 Å². The molecule has 1 aliphatic heterocycles. The normalized spacial score (nSPS) is 13.3. The Hall–Kier alpha value is -3.33. The molecule has 0 spiro atoms. The summed E-state index contributed by atoms with van der Waals surface area (Å²) >= 11 is 0. The first-order chi connectivity index (χ1) is 15.4. The predicted octanol–water partition coefficient (Wildman–Crippen LogP) is 3.35. The molecule has 0 fully saturated rings. The highest BCUT2D eigenvalue weighted by molar-refractivity contribution is 7.92. The molecule has 1 amide bonds. The second-order valence-corrected chi connectivity index (χ2v) is 9.25. The Bertz CT molecular complexity index is 1160. The number of imidazole rings is 1. The van der Waals surface area contributed by atoms with E-state index in [-0.39, 0.29) is 10.8 Å². The van der Waals surface area contributed by atoms with Crippen LogP contribution in [0.2, 0.25) is 0 Å². The Labute approximate surface area is 187 Å². The average molecular weight is 455 g/mol. The fourth-order valence-corrected chi connectivity index (χ4v) is 4.67. The number of rotatable bonds is 8. The summed E-state index contributed by atoms with van der Waals surface area (Å²) in [5, 5.41) is 2.85. The van der Waals surface area contributed by atoms with Gasteiger partial charge in [-0.05, 0) is 68.3 Å². The van der Waals surface area contributed by atoms with E-state index in [1.807, 2.05) is 13.1 Å². The highest BCUT2D eigenvalue weighted by Gasteiger charge is 2.16. The van der Waals surface area contributed by atoms with Crippen LogP contribution in [0.15, 0.2) is 59.6 Å². The summed E-state index contributed by atoms with van der Waals surface area (Å²) in [5.41, 5.74) is 1.64. The van der Waals surface area contributed by atoms with E-state index in [0.717, 1.165) is 37.3 Å². The van der Waals surface area contributed by atoms with Crippen molar-refractivity contribution in [3.05, 3.63) is 71.8 Å². The number of aryl methyl sites for hydroxylation is 2. The van der Waals surface area contributed by atoms with Gasteiger partial charge in [0.1, 0.15) is 11.6 Å². The van der Waals surface area contributed by atoms with Gasteiger partial charge >= 0.3 is 0 Å². The molecule has 0 bridgehead atoms. The fourth-order valence-electron chi connectivity index (χ4n) is 3.62. The lowest BCUT2D eigenvalue weighted by atomic mass is 10.2. The molecule has 4 rings (SSSR count). The molecule has 0 atom stereocenters. The minimum atomic E-state index is -3.77. The maximum atomic E-state index is 12.6. The highest BCUT2D eigenvalue weighted by Crippen LogP contribution is 2.20. The quantitative estimate of drug-likeness (QED) is 0.543. The predicted molar refractivity (Wildman–Crippen MR) is 121 cm³/mol. The summed E-state index contributed by atoms with van der Waals surface area (Å²) < 4.78 is 35.3. The Kier molecular flexibility index (Phi) is 6.45. The Morgan fingerprint density at radius 2 is 1.84 bits per heavy atom. The van der Waals surface area contributed by atoms with E-state index in [1.165, 1.54) is 24.3 Å². The summed E-state index contributed by atoms with van der Waals surface area (Å²) in [4.78, 5) is 17.1. The van der Waals surface area contributed by atoms with Gasteiger partial charge in [0.15, 0.2) is 0 Å². The van der Waals surface area contributed by atoms with Crippen molar-refractivity contribution in [2.75, 3.05) is 11.3 Å². The van der Waals surface area contributed by atoms with Gasteiger partial charge in [0, 0.05) is 30.4 Å². The second kappa shape index (κ2) is 9.44. The molecule has 0 saturated carbocycles. The largest absolute Gasteiger partial charge is 0.494 e. The van der Waals surface area contributed by atoms with Crippen LogP contribution < -0.4 is 14.8 Å². The van der Waals surface area contributed by atoms with Crippen molar-refractivity contribution in [3.63, 3.8) is 0 Å². The van der Waals surface area contributed by atoms with Crippen LogP contribution in [-0.2, 0) is 29.5 Å². The molecule has 3 aromatic rings. The molecule has 2 N–H and O–H groups in total. The van der Waals surface area contributed by atoms with Crippen molar-refractivity contribution >= 4 is 21.6 Å². The van der Waals surface area contributed by atoms with Crippen LogP contribution in [0, 0.1) is 0 Å². The number of amides is 1. The van der Waals surface area contributed by atoms with Gasteiger partial charge in [-0.15, -0.1) is 0 Å². The number of anilines is 1. The topological polar surface area (TPSA) is 102 Å². The zero-order chi connectivity index (χ0) is 22.6. The zero-order valence-corrected chi connectivity index (χ0v) is 18.7. The first-order valence-corrected chi connectivity index (χ1v) is 12.1. The molecule has 1 aromatic heterocycles. The van der Waals surface area contributed by atoms with Crippen LogP contribution in [0.25, 0.3) is 0 Å². The number of hydrogen-bond donors (Lipinski definition) is 2. The van der Waals surface area contributed by atoms with Crippen LogP contribution in [0.4, 0.5) is 5.69 Å². The molecule has 1 aliphatic rings. The van der Waals surface area contributed by atoms with Gasteiger partial charge in [-0.25, -0.2) is 13.4 Å². The SMILES string of the molecule is CCOc1ccc(NS(=O)(=O)c2ccc(C(=O)NCc3cn4c(n3)CCCC4)cc2)cc1. The van der Waals surface area contributed by atoms with Crippen molar-refractivity contribution < 1.29 is 17.9 Å². The molecule has 0 aliphatic carbocycles. The molecule has 168 valence electrons. The van der Waals surface area contributed by atoms with E-state index in [2.05, 4.69) is 19.6 Å². The number of carbonyl (C=O) groups excluding carboxylic acids is 1. The molecule has 0 radical (unpaired) electrons. The molecular weight excluding hydrogens is 428 g/mol. The fraction of sp³-hybridized carbons (Fsp3) is 0.304. The third-order valence-corrected chi connectivity index (χ3v) is 6.63. The molecule has 0 unspecified atom stereocenters. The molecule has 32 heavy (non-hydrogen) atoms. The van der Waals surface area contributed by atoms with Crippen molar-refractivity contribution in [2.24, 2.45) is 0 Å². The van der Waals surface area contributed by atoms with E-state index < -0.39 is 10.0 Å². The van der Waals surface area contributed by atoms with Gasteiger partial charge in [0.05, 0.1) is 23.7 Å². The van der Waals surface area contributed by atoms with Gasteiger partial charge in [-0.3, -0.25) is 9.52 Å². The van der Waals surface area contributed by atoms with Gasteiger partial charge in [0.25, 0.3) is 15.9 Å². The Morgan fingerprint density at radius 3 is 2.53 bits per heavy atom. The number of aromatic nitrogens is 2. The highest BCUT2D eigenvalue weighted by atomic mass is 32.2. The third-order valence-electron chi connectivity index (χ3n) is 5.23. The van der Waals surface area contributed by atoms with Crippen molar-refractivity contribution in [2.45, 2.75) is 44.2 Å². The van der Waals surface area contributed by atoms with Crippen molar-refractivity contribution in [1.29, 1.82) is 0 Å². The van der Waals surface area contributed by atoms with Crippen molar-refractivity contribution in [3.8, 4) is 5.75 Å². The molecular formula is C23H26N4O4S. The van der Waals surface area contributed by atoms with Crippen LogP contribution in [0.1, 0.15) is 41.6 Å². The number of nitrogens with zero attached hydrogens (tertiary/aromatic N) is 2. The van der Waals surface area contributed by atoms with Gasteiger partial charge < -0.3 is 14.6 Å². The van der Waals surface area contributed by atoms with Gasteiger partial charge in [0.2, 0.25) is 0 Å². The summed E-state index contributed by atoms with van der Waals surface area (Å²) in [6.45, 7) is 3.72. The summed E-state index contributed by atoms with van der Waals surface area (Å²) in [5.74, 6) is 1.45. The first kappa shape index (κ1) is 21.9. The van der Waals surface area contributed by atoms with E-state index in [0.29, 0.717) is 30.2 Å². The van der Waals surface area contributed by atoms with E-state index >= 15 is 0 Å². The lowest BCUT2D eigenvalue weighted by molar-refractivity contribution is 0.0950. The standard InChI is InChI=1S/C23H26N4O4S/c1-2-31-20-10-8-18(9-11-20)26-32(29,30)21-12-6-17(7-13-21)23(28)24-15-19-16-27-14-4-3-5-22(27)25-19/h6-13,16,26H,2-5,14-15H2,1H3,(H,24,28). The number of nitrogens with one attached hydrogen (secondary N) is 2. The summed E-state index contributed by atoms with van der Waals surface area (Å²) in [6.07, 6.45) is 5.25. The molecule has 2 heterocycles. The second-order valence-electron chi connectivity index (χ2n) is 7.57. The molecule has 8 nitrogen and oxygen atoms in total. The number of ether oxygens (including phenoxy) is 1. The number of carbonyl (C=O) groups is 1. The molecule has 9 heteroatoms. The van der Waals surface area contributed by atoms with E-state index in [1.54, 1.807) is 24.3 Å². The van der Waals surface area contributed by atoms with Crippen LogP contribution in [0.5, 0.6) is 5.75 Å². The Morgan fingerprint density at radius 1 is 1.09 bits per heavy atom. The minimum Gasteiger partial charge on any atom is -0.494 e. The molecule has 0 saturated heterocycles. The summed E-state index contributed by atoms with van der Waals surface area (Å²) in [7, 11) is -3.77. The number of fused-ring (bicyclic) bond motifs is 1. The minimum absolute atomic E-state index is 0.0738. The monoisotopic (exact) mass is 454 g/mol. The van der Waals surface area contributed by atoms with Crippen LogP contribution in [-0.4, -0.2) is 30.5 Å². The third kappa shape index (κ3) is 5.11. The zero-order valence-electron chi connectivity index (χ0n) is 17.9. The van der Waals surface area contributed by atoms with Gasteiger partial charge in [-0.2, -0.15) is 0 Å². The van der Waals surface area contributed by atoms with E-state index in [9.17, 15) is 13.2 Å². The summed E-state index contributed by atoms with van der Waals surface area (Å²) in [6, 6.07) is 12.5. The molecule has 2 aromatic carbocycles. The average Bonchev–Trinajstić information content (AvgIpc) is 3.22. The Balaban J connectivity index is 1.37. The first-order valence-electron chi connectivity index (χ1n) is 10.6. The maximum Gasteiger partial charge on any atom is 0.261 e. The lowest BCUT2D eigenvalue weighted by Gasteiger charge is -2.11. The maximum absolute atomic E-state index is 12.6. The van der Waals surface area contributed by atoms with Crippen LogP contribution in [0.3, 0.4) is 0 Å². The smallest absolute Gasteiger partial charge is 0.261 e. The number of hydrogen-bond acceptors (Lipinski definition) is 5.